The highest BCUT2D eigenvalue weighted by Crippen LogP contribution is 2.12. The van der Waals surface area contributed by atoms with Gasteiger partial charge in [0.2, 0.25) is 0 Å². The molecule has 0 bridgehead atoms. The maximum Gasteiger partial charge on any atom is 0.191 e. The third-order valence-corrected chi connectivity index (χ3v) is 5.58. The van der Waals surface area contributed by atoms with E-state index in [9.17, 15) is 0 Å². The SMILES string of the molecule is CCNC(=NCC(Cc1ccccc1)N(CC)CC)NCCCOCC1CCOC1.I. The van der Waals surface area contributed by atoms with Crippen molar-refractivity contribution in [3.8, 4) is 0 Å². The Bertz CT molecular complexity index is 578. The molecule has 1 heterocycles. The first-order chi connectivity index (χ1) is 14.8. The number of benzene rings is 1. The molecule has 0 radical (unpaired) electrons. The van der Waals surface area contributed by atoms with E-state index in [0.29, 0.717) is 12.0 Å². The Labute approximate surface area is 206 Å². The summed E-state index contributed by atoms with van der Waals surface area (Å²) < 4.78 is 11.2. The zero-order valence-corrected chi connectivity index (χ0v) is 22.0. The van der Waals surface area contributed by atoms with Crippen molar-refractivity contribution < 1.29 is 9.47 Å². The van der Waals surface area contributed by atoms with Crippen LogP contribution in [0.25, 0.3) is 0 Å². The van der Waals surface area contributed by atoms with Crippen LogP contribution in [-0.2, 0) is 15.9 Å². The van der Waals surface area contributed by atoms with Gasteiger partial charge in [0.15, 0.2) is 5.96 Å². The average Bonchev–Trinajstić information content (AvgIpc) is 3.29. The van der Waals surface area contributed by atoms with Crippen LogP contribution in [-0.4, -0.2) is 76.1 Å². The lowest BCUT2D eigenvalue weighted by Crippen LogP contribution is -2.42. The molecule has 178 valence electrons. The number of nitrogens with zero attached hydrogens (tertiary/aromatic N) is 2. The Hall–Kier alpha value is -0.900. The molecule has 0 spiro atoms. The summed E-state index contributed by atoms with van der Waals surface area (Å²) in [6, 6.07) is 11.1. The van der Waals surface area contributed by atoms with Gasteiger partial charge in [-0.2, -0.15) is 0 Å². The second kappa shape index (κ2) is 17.6. The van der Waals surface area contributed by atoms with Crippen molar-refractivity contribution in [3.05, 3.63) is 35.9 Å². The summed E-state index contributed by atoms with van der Waals surface area (Å²) in [5.74, 6) is 1.48. The molecule has 1 fully saturated rings. The van der Waals surface area contributed by atoms with E-state index in [2.05, 4.69) is 66.6 Å². The molecule has 31 heavy (non-hydrogen) atoms. The highest BCUT2D eigenvalue weighted by atomic mass is 127. The van der Waals surface area contributed by atoms with Gasteiger partial charge < -0.3 is 20.1 Å². The molecule has 1 aromatic rings. The van der Waals surface area contributed by atoms with Gasteiger partial charge in [-0.15, -0.1) is 24.0 Å². The van der Waals surface area contributed by atoms with Crippen LogP contribution in [0.5, 0.6) is 0 Å². The molecule has 1 aliphatic rings. The van der Waals surface area contributed by atoms with Crippen molar-refractivity contribution in [1.29, 1.82) is 0 Å². The van der Waals surface area contributed by atoms with Crippen molar-refractivity contribution >= 4 is 29.9 Å². The summed E-state index contributed by atoms with van der Waals surface area (Å²) >= 11 is 0. The van der Waals surface area contributed by atoms with Gasteiger partial charge in [0.05, 0.1) is 19.8 Å². The molecule has 1 aliphatic heterocycles. The van der Waals surface area contributed by atoms with Crippen LogP contribution in [0.3, 0.4) is 0 Å². The molecule has 0 amide bonds. The minimum absolute atomic E-state index is 0. The number of nitrogens with one attached hydrogen (secondary N) is 2. The first-order valence-corrected chi connectivity index (χ1v) is 11.7. The van der Waals surface area contributed by atoms with Crippen molar-refractivity contribution in [2.45, 2.75) is 46.1 Å². The molecule has 1 saturated heterocycles. The van der Waals surface area contributed by atoms with Crippen LogP contribution in [0, 0.1) is 5.92 Å². The van der Waals surface area contributed by atoms with E-state index in [1.807, 2.05) is 0 Å². The molecule has 2 unspecified atom stereocenters. The second-order valence-corrected chi connectivity index (χ2v) is 7.87. The van der Waals surface area contributed by atoms with Gasteiger partial charge in [-0.25, -0.2) is 0 Å². The van der Waals surface area contributed by atoms with Crippen LogP contribution >= 0.6 is 24.0 Å². The minimum Gasteiger partial charge on any atom is -0.381 e. The van der Waals surface area contributed by atoms with Gasteiger partial charge >= 0.3 is 0 Å². The van der Waals surface area contributed by atoms with Crippen molar-refractivity contribution in [3.63, 3.8) is 0 Å². The predicted molar refractivity (Wildman–Crippen MR) is 141 cm³/mol. The van der Waals surface area contributed by atoms with Gasteiger partial charge in [-0.1, -0.05) is 44.2 Å². The summed E-state index contributed by atoms with van der Waals surface area (Å²) in [4.78, 5) is 7.40. The number of aliphatic imine (C=N–C) groups is 1. The van der Waals surface area contributed by atoms with E-state index in [1.54, 1.807) is 0 Å². The monoisotopic (exact) mass is 546 g/mol. The summed E-state index contributed by atoms with van der Waals surface area (Å²) in [5.41, 5.74) is 1.37. The number of hydrogen-bond donors (Lipinski definition) is 2. The van der Waals surface area contributed by atoms with E-state index < -0.39 is 0 Å². The normalized spacial score (nSPS) is 17.4. The van der Waals surface area contributed by atoms with E-state index >= 15 is 0 Å². The average molecular weight is 547 g/mol. The molecule has 1 aromatic carbocycles. The number of halogens is 1. The Balaban J connectivity index is 0.00000480. The Morgan fingerprint density at radius 3 is 2.61 bits per heavy atom. The highest BCUT2D eigenvalue weighted by Gasteiger charge is 2.17. The zero-order valence-electron chi connectivity index (χ0n) is 19.6. The van der Waals surface area contributed by atoms with Crippen LogP contribution in [0.4, 0.5) is 0 Å². The Kier molecular flexibility index (Phi) is 16.0. The molecule has 7 heteroatoms. The van der Waals surface area contributed by atoms with Gasteiger partial charge in [0, 0.05) is 38.3 Å². The van der Waals surface area contributed by atoms with E-state index in [4.69, 9.17) is 14.5 Å². The van der Waals surface area contributed by atoms with E-state index in [0.717, 1.165) is 84.4 Å². The lowest BCUT2D eigenvalue weighted by Gasteiger charge is -2.29. The number of rotatable bonds is 14. The highest BCUT2D eigenvalue weighted by molar-refractivity contribution is 14.0. The molecular weight excluding hydrogens is 503 g/mol. The standard InChI is InChI=1S/C24H42N4O2.HI/c1-4-25-24(26-14-10-15-29-19-22-13-16-30-20-22)27-18-23(28(5-2)6-3)17-21-11-8-7-9-12-21;/h7-9,11-12,22-23H,4-6,10,13-20H2,1-3H3,(H2,25,26,27);1H. The topological polar surface area (TPSA) is 58.1 Å². The fourth-order valence-corrected chi connectivity index (χ4v) is 3.82. The van der Waals surface area contributed by atoms with Gasteiger partial charge in [0.25, 0.3) is 0 Å². The third-order valence-electron chi connectivity index (χ3n) is 5.58. The summed E-state index contributed by atoms with van der Waals surface area (Å²) in [6.07, 6.45) is 3.12. The predicted octanol–water partition coefficient (Wildman–Crippen LogP) is 3.56. The number of guanidine groups is 1. The number of ether oxygens (including phenoxy) is 2. The quantitative estimate of drug-likeness (QED) is 0.162. The maximum atomic E-state index is 5.80. The Morgan fingerprint density at radius 2 is 1.97 bits per heavy atom. The lowest BCUT2D eigenvalue weighted by atomic mass is 10.0. The molecule has 6 nitrogen and oxygen atoms in total. The first kappa shape index (κ1) is 28.1. The molecule has 0 aromatic heterocycles. The van der Waals surface area contributed by atoms with Crippen LogP contribution in [0.1, 0.15) is 39.2 Å². The fraction of sp³-hybridized carbons (Fsp3) is 0.708. The summed E-state index contributed by atoms with van der Waals surface area (Å²) in [7, 11) is 0. The smallest absolute Gasteiger partial charge is 0.191 e. The zero-order chi connectivity index (χ0) is 21.4. The maximum absolute atomic E-state index is 5.80. The van der Waals surface area contributed by atoms with Crippen molar-refractivity contribution in [2.24, 2.45) is 10.9 Å². The lowest BCUT2D eigenvalue weighted by molar-refractivity contribution is 0.0888. The van der Waals surface area contributed by atoms with Crippen LogP contribution in [0.15, 0.2) is 35.3 Å². The molecule has 0 saturated carbocycles. The molecular formula is C24H43IN4O2. The third kappa shape index (κ3) is 11.5. The number of likely N-dealkylation sites (N-methyl/N-ethyl adjacent to an activating group) is 1. The fourth-order valence-electron chi connectivity index (χ4n) is 3.82. The molecule has 2 rings (SSSR count). The van der Waals surface area contributed by atoms with Crippen molar-refractivity contribution in [2.75, 3.05) is 59.2 Å². The summed E-state index contributed by atoms with van der Waals surface area (Å²) in [5, 5.41) is 6.83. The van der Waals surface area contributed by atoms with E-state index in [1.165, 1.54) is 5.56 Å². The minimum atomic E-state index is 0. The van der Waals surface area contributed by atoms with Gasteiger partial charge in [-0.05, 0) is 44.8 Å². The van der Waals surface area contributed by atoms with Crippen LogP contribution < -0.4 is 10.6 Å². The molecule has 2 N–H and O–H groups in total. The largest absolute Gasteiger partial charge is 0.381 e. The van der Waals surface area contributed by atoms with Crippen LogP contribution in [0.2, 0.25) is 0 Å². The van der Waals surface area contributed by atoms with Crippen molar-refractivity contribution in [1.82, 2.24) is 15.5 Å². The summed E-state index contributed by atoms with van der Waals surface area (Å²) in [6.45, 7) is 14.5. The first-order valence-electron chi connectivity index (χ1n) is 11.7. The van der Waals surface area contributed by atoms with E-state index in [-0.39, 0.29) is 24.0 Å². The second-order valence-electron chi connectivity index (χ2n) is 7.87. The van der Waals surface area contributed by atoms with Gasteiger partial charge in [0.1, 0.15) is 0 Å². The van der Waals surface area contributed by atoms with Gasteiger partial charge in [-0.3, -0.25) is 9.89 Å². The molecule has 0 aliphatic carbocycles. The Morgan fingerprint density at radius 1 is 1.19 bits per heavy atom. The number of hydrogen-bond acceptors (Lipinski definition) is 4. The molecule has 2 atom stereocenters.